The average Bonchev–Trinajstić information content (AvgIpc) is 2.50. The molecule has 22 heavy (non-hydrogen) atoms. The highest BCUT2D eigenvalue weighted by Crippen LogP contribution is 2.22. The Morgan fingerprint density at radius 1 is 1.14 bits per heavy atom. The lowest BCUT2D eigenvalue weighted by molar-refractivity contribution is 0.102. The number of hydrogen-bond donors (Lipinski definition) is 1. The third-order valence-electron chi connectivity index (χ3n) is 3.06. The van der Waals surface area contributed by atoms with Crippen molar-refractivity contribution in [3.05, 3.63) is 74.0 Å². The molecule has 4 nitrogen and oxygen atoms in total. The van der Waals surface area contributed by atoms with E-state index in [2.05, 4.69) is 21.2 Å². The second kappa shape index (κ2) is 5.94. The van der Waals surface area contributed by atoms with E-state index in [-0.39, 0.29) is 11.1 Å². The molecule has 2 aromatic carbocycles. The van der Waals surface area contributed by atoms with Crippen LogP contribution in [0.15, 0.2) is 62.2 Å². The van der Waals surface area contributed by atoms with Crippen LogP contribution in [0.2, 0.25) is 5.02 Å². The SMILES string of the molecule is O=C(Nc1ccc(Br)cc1)c1cc2cccc(Cl)c2oc1=O. The maximum Gasteiger partial charge on any atom is 0.349 e. The lowest BCUT2D eigenvalue weighted by Crippen LogP contribution is -2.20. The Morgan fingerprint density at radius 2 is 1.86 bits per heavy atom. The molecule has 0 spiro atoms. The number of benzene rings is 2. The van der Waals surface area contributed by atoms with Crippen LogP contribution in [0.4, 0.5) is 5.69 Å². The highest BCUT2D eigenvalue weighted by Gasteiger charge is 2.15. The van der Waals surface area contributed by atoms with E-state index in [1.807, 2.05) is 0 Å². The second-order valence-corrected chi connectivity index (χ2v) is 5.89. The molecule has 1 N–H and O–H groups in total. The van der Waals surface area contributed by atoms with Crippen molar-refractivity contribution < 1.29 is 9.21 Å². The summed E-state index contributed by atoms with van der Waals surface area (Å²) in [6, 6.07) is 13.6. The van der Waals surface area contributed by atoms with E-state index in [9.17, 15) is 9.59 Å². The van der Waals surface area contributed by atoms with Gasteiger partial charge in [0.25, 0.3) is 5.91 Å². The molecule has 1 amide bonds. The van der Waals surface area contributed by atoms with Gasteiger partial charge in [-0.1, -0.05) is 39.7 Å². The van der Waals surface area contributed by atoms with E-state index < -0.39 is 11.5 Å². The van der Waals surface area contributed by atoms with Gasteiger partial charge in [-0.3, -0.25) is 4.79 Å². The zero-order valence-electron chi connectivity index (χ0n) is 11.1. The molecule has 0 fully saturated rings. The summed E-state index contributed by atoms with van der Waals surface area (Å²) in [6.07, 6.45) is 0. The Morgan fingerprint density at radius 3 is 2.59 bits per heavy atom. The van der Waals surface area contributed by atoms with Gasteiger partial charge in [0.2, 0.25) is 0 Å². The van der Waals surface area contributed by atoms with Crippen molar-refractivity contribution in [3.63, 3.8) is 0 Å². The predicted octanol–water partition coefficient (Wildman–Crippen LogP) is 4.46. The molecule has 0 aliphatic heterocycles. The van der Waals surface area contributed by atoms with Gasteiger partial charge >= 0.3 is 5.63 Å². The average molecular weight is 379 g/mol. The molecule has 0 bridgehead atoms. The first kappa shape index (κ1) is 14.8. The van der Waals surface area contributed by atoms with E-state index in [1.54, 1.807) is 42.5 Å². The first-order valence-electron chi connectivity index (χ1n) is 6.34. The van der Waals surface area contributed by atoms with Gasteiger partial charge in [0.05, 0.1) is 5.02 Å². The summed E-state index contributed by atoms with van der Waals surface area (Å²) in [5.74, 6) is -0.530. The number of anilines is 1. The predicted molar refractivity (Wildman–Crippen MR) is 89.6 cm³/mol. The van der Waals surface area contributed by atoms with Crippen LogP contribution < -0.4 is 10.9 Å². The number of rotatable bonds is 2. The quantitative estimate of drug-likeness (QED) is 0.670. The minimum absolute atomic E-state index is 0.0716. The van der Waals surface area contributed by atoms with Gasteiger partial charge in [-0.15, -0.1) is 0 Å². The van der Waals surface area contributed by atoms with E-state index >= 15 is 0 Å². The molecule has 0 aliphatic rings. The smallest absolute Gasteiger partial charge is 0.349 e. The molecule has 0 saturated heterocycles. The molecule has 6 heteroatoms. The first-order chi connectivity index (χ1) is 10.5. The number of nitrogens with one attached hydrogen (secondary N) is 1. The summed E-state index contributed by atoms with van der Waals surface area (Å²) in [4.78, 5) is 24.2. The number of carbonyl (C=O) groups is 1. The van der Waals surface area contributed by atoms with Crippen molar-refractivity contribution in [2.75, 3.05) is 5.32 Å². The molecule has 3 aromatic rings. The number of halogens is 2. The highest BCUT2D eigenvalue weighted by atomic mass is 79.9. The number of fused-ring (bicyclic) bond motifs is 1. The number of carbonyl (C=O) groups excluding carboxylic acids is 1. The van der Waals surface area contributed by atoms with Crippen LogP contribution >= 0.6 is 27.5 Å². The lowest BCUT2D eigenvalue weighted by Gasteiger charge is -2.06. The number of hydrogen-bond acceptors (Lipinski definition) is 3. The summed E-state index contributed by atoms with van der Waals surface area (Å²) in [7, 11) is 0. The summed E-state index contributed by atoms with van der Waals surface area (Å²) < 4.78 is 6.04. The Kier molecular flexibility index (Phi) is 4.00. The van der Waals surface area contributed by atoms with Gasteiger partial charge in [-0.05, 0) is 36.4 Å². The zero-order valence-corrected chi connectivity index (χ0v) is 13.4. The number of para-hydroxylation sites is 1. The van der Waals surface area contributed by atoms with E-state index in [4.69, 9.17) is 16.0 Å². The van der Waals surface area contributed by atoms with Crippen LogP contribution in [-0.2, 0) is 0 Å². The largest absolute Gasteiger partial charge is 0.421 e. The van der Waals surface area contributed by atoms with Gasteiger partial charge in [0, 0.05) is 15.5 Å². The van der Waals surface area contributed by atoms with Crippen molar-refractivity contribution in [1.82, 2.24) is 0 Å². The van der Waals surface area contributed by atoms with Crippen molar-refractivity contribution in [2.45, 2.75) is 0 Å². The molecular weight excluding hydrogens is 370 g/mol. The minimum atomic E-state index is -0.727. The molecule has 1 aromatic heterocycles. The van der Waals surface area contributed by atoms with Crippen molar-refractivity contribution in [3.8, 4) is 0 Å². The second-order valence-electron chi connectivity index (χ2n) is 4.57. The Balaban J connectivity index is 1.99. The third kappa shape index (κ3) is 2.91. The minimum Gasteiger partial charge on any atom is -0.421 e. The molecular formula is C16H9BrClNO3. The first-order valence-corrected chi connectivity index (χ1v) is 7.51. The molecule has 0 saturated carbocycles. The monoisotopic (exact) mass is 377 g/mol. The van der Waals surface area contributed by atoms with Gasteiger partial charge < -0.3 is 9.73 Å². The number of amides is 1. The van der Waals surface area contributed by atoms with Gasteiger partial charge in [0.1, 0.15) is 5.56 Å². The molecule has 0 aliphatic carbocycles. The van der Waals surface area contributed by atoms with Crippen LogP contribution in [0.1, 0.15) is 10.4 Å². The van der Waals surface area contributed by atoms with Crippen LogP contribution in [-0.4, -0.2) is 5.91 Å². The fraction of sp³-hybridized carbons (Fsp3) is 0. The van der Waals surface area contributed by atoms with E-state index in [1.165, 1.54) is 6.07 Å². The normalized spacial score (nSPS) is 10.6. The van der Waals surface area contributed by atoms with Gasteiger partial charge in [-0.2, -0.15) is 0 Å². The summed E-state index contributed by atoms with van der Waals surface area (Å²) >= 11 is 9.28. The van der Waals surface area contributed by atoms with E-state index in [0.717, 1.165) is 4.47 Å². The van der Waals surface area contributed by atoms with Crippen LogP contribution in [0.25, 0.3) is 11.0 Å². The topological polar surface area (TPSA) is 59.3 Å². The fourth-order valence-corrected chi connectivity index (χ4v) is 2.48. The molecule has 3 rings (SSSR count). The standard InChI is InChI=1S/C16H9BrClNO3/c17-10-4-6-11(7-5-10)19-15(20)12-8-9-2-1-3-13(18)14(9)22-16(12)21/h1-8H,(H,19,20). The maximum atomic E-state index is 12.2. The summed E-state index contributed by atoms with van der Waals surface area (Å²) in [6.45, 7) is 0. The van der Waals surface area contributed by atoms with Crippen molar-refractivity contribution in [1.29, 1.82) is 0 Å². The van der Waals surface area contributed by atoms with E-state index in [0.29, 0.717) is 16.1 Å². The third-order valence-corrected chi connectivity index (χ3v) is 3.88. The lowest BCUT2D eigenvalue weighted by atomic mass is 10.1. The van der Waals surface area contributed by atoms with Crippen molar-refractivity contribution in [2.24, 2.45) is 0 Å². The Bertz CT molecular complexity index is 919. The zero-order chi connectivity index (χ0) is 15.7. The van der Waals surface area contributed by atoms with Gasteiger partial charge in [-0.25, -0.2) is 4.79 Å². The van der Waals surface area contributed by atoms with Crippen LogP contribution in [0.5, 0.6) is 0 Å². The molecule has 0 unspecified atom stereocenters. The summed E-state index contributed by atoms with van der Waals surface area (Å²) in [5.41, 5.74) is 0.0565. The Labute approximate surface area is 138 Å². The fourth-order valence-electron chi connectivity index (χ4n) is 2.00. The van der Waals surface area contributed by atoms with Crippen molar-refractivity contribution >= 4 is 50.1 Å². The molecule has 110 valence electrons. The van der Waals surface area contributed by atoms with Crippen LogP contribution in [0, 0.1) is 0 Å². The summed E-state index contributed by atoms with van der Waals surface area (Å²) in [5, 5.41) is 3.57. The van der Waals surface area contributed by atoms with Crippen LogP contribution in [0.3, 0.4) is 0 Å². The maximum absolute atomic E-state index is 12.2. The molecule has 0 atom stereocenters. The molecule has 0 radical (unpaired) electrons. The Hall–Kier alpha value is -2.11. The molecule has 1 heterocycles. The highest BCUT2D eigenvalue weighted by molar-refractivity contribution is 9.10. The van der Waals surface area contributed by atoms with Gasteiger partial charge in [0.15, 0.2) is 5.58 Å².